The van der Waals surface area contributed by atoms with E-state index in [4.69, 9.17) is 22.1 Å². The molecule has 2 rings (SSSR count). The van der Waals surface area contributed by atoms with Crippen LogP contribution in [0.5, 0.6) is 0 Å². The van der Waals surface area contributed by atoms with Gasteiger partial charge < -0.3 is 15.8 Å². The molecule has 0 unspecified atom stereocenters. The van der Waals surface area contributed by atoms with Gasteiger partial charge in [0, 0.05) is 31.7 Å². The van der Waals surface area contributed by atoms with Crippen LogP contribution in [0.3, 0.4) is 0 Å². The fourth-order valence-electron chi connectivity index (χ4n) is 2.74. The van der Waals surface area contributed by atoms with E-state index in [0.717, 1.165) is 24.7 Å². The first kappa shape index (κ1) is 17.1. The topological polar surface area (TPSA) is 62.9 Å². The highest BCUT2D eigenvalue weighted by molar-refractivity contribution is 6.30. The van der Waals surface area contributed by atoms with Gasteiger partial charge in [0.1, 0.15) is 0 Å². The molecule has 3 N–H and O–H groups in total. The van der Waals surface area contributed by atoms with E-state index in [2.05, 4.69) is 41.2 Å². The van der Waals surface area contributed by atoms with Gasteiger partial charge in [-0.1, -0.05) is 23.7 Å². The summed E-state index contributed by atoms with van der Waals surface area (Å²) < 4.78 is 5.82. The lowest BCUT2D eigenvalue weighted by molar-refractivity contribution is -0.0971. The Morgan fingerprint density at radius 2 is 2.14 bits per heavy atom. The second kappa shape index (κ2) is 7.31. The van der Waals surface area contributed by atoms with Crippen LogP contribution in [0.4, 0.5) is 0 Å². The second-order valence-corrected chi connectivity index (χ2v) is 6.57. The predicted molar refractivity (Wildman–Crippen MR) is 91.3 cm³/mol. The first-order valence-electron chi connectivity index (χ1n) is 7.51. The molecule has 0 saturated carbocycles. The molecule has 0 radical (unpaired) electrons. The number of hydrogen-bond acceptors (Lipinski definition) is 3. The number of aliphatic imine (C=N–C) groups is 1. The number of ether oxygens (including phenoxy) is 1. The molecule has 0 aliphatic carbocycles. The molecule has 1 aromatic rings. The number of nitrogens with zero attached hydrogens (tertiary/aromatic N) is 2. The number of benzene rings is 1. The highest BCUT2D eigenvalue weighted by Crippen LogP contribution is 2.27. The molecule has 1 aliphatic heterocycles. The van der Waals surface area contributed by atoms with Gasteiger partial charge in [-0.2, -0.15) is 0 Å². The molecule has 1 aromatic carbocycles. The zero-order valence-corrected chi connectivity index (χ0v) is 14.2. The fourth-order valence-corrected chi connectivity index (χ4v) is 2.87. The molecule has 122 valence electrons. The van der Waals surface area contributed by atoms with E-state index in [-0.39, 0.29) is 11.6 Å². The predicted octanol–water partition coefficient (Wildman–Crippen LogP) is 2.03. The lowest BCUT2D eigenvalue weighted by atomic mass is 10.0. The van der Waals surface area contributed by atoms with Crippen molar-refractivity contribution in [3.05, 3.63) is 34.9 Å². The van der Waals surface area contributed by atoms with Crippen LogP contribution in [0.1, 0.15) is 25.5 Å². The molecule has 0 bridgehead atoms. The van der Waals surface area contributed by atoms with Crippen LogP contribution in [0, 0.1) is 0 Å². The minimum atomic E-state index is -0.146. The van der Waals surface area contributed by atoms with Gasteiger partial charge in [-0.3, -0.25) is 9.89 Å². The molecule has 1 aliphatic rings. The number of guanidine groups is 1. The average molecular weight is 325 g/mol. The summed E-state index contributed by atoms with van der Waals surface area (Å²) in [5.74, 6) is 0.450. The van der Waals surface area contributed by atoms with E-state index >= 15 is 0 Å². The minimum absolute atomic E-state index is 0.146. The summed E-state index contributed by atoms with van der Waals surface area (Å²) in [5.41, 5.74) is 6.84. The van der Waals surface area contributed by atoms with Crippen molar-refractivity contribution in [3.8, 4) is 0 Å². The van der Waals surface area contributed by atoms with Crippen molar-refractivity contribution in [1.29, 1.82) is 0 Å². The summed E-state index contributed by atoms with van der Waals surface area (Å²) in [7, 11) is 1.68. The Labute approximate surface area is 137 Å². The van der Waals surface area contributed by atoms with Crippen molar-refractivity contribution < 1.29 is 4.74 Å². The van der Waals surface area contributed by atoms with E-state index in [1.807, 2.05) is 12.1 Å². The summed E-state index contributed by atoms with van der Waals surface area (Å²) >= 11 is 6.01. The maximum Gasteiger partial charge on any atom is 0.188 e. The molecule has 1 saturated heterocycles. The Kier molecular flexibility index (Phi) is 5.67. The lowest BCUT2D eigenvalue weighted by Gasteiger charge is -2.42. The van der Waals surface area contributed by atoms with Gasteiger partial charge in [-0.05, 0) is 31.5 Å². The molecule has 1 atom stereocenters. The lowest BCUT2D eigenvalue weighted by Crippen LogP contribution is -2.51. The standard InChI is InChI=1S/C16H25ClN4O/c1-16(2)11-21(8-9-22-16)14(10-20-15(18)19-3)12-4-6-13(17)7-5-12/h4-7,14H,8-11H2,1-3H3,(H3,18,19,20)/t14-/m0/s1. The van der Waals surface area contributed by atoms with Gasteiger partial charge in [0.2, 0.25) is 0 Å². The molecule has 22 heavy (non-hydrogen) atoms. The monoisotopic (exact) mass is 324 g/mol. The SMILES string of the molecule is CN=C(N)NC[C@@H](c1ccc(Cl)cc1)N1CCOC(C)(C)C1. The molecule has 0 amide bonds. The summed E-state index contributed by atoms with van der Waals surface area (Å²) in [6, 6.07) is 8.17. The van der Waals surface area contributed by atoms with Gasteiger partial charge in [0.15, 0.2) is 5.96 Å². The first-order chi connectivity index (χ1) is 10.4. The Balaban J connectivity index is 2.18. The molecule has 1 fully saturated rings. The van der Waals surface area contributed by atoms with Crippen molar-refractivity contribution in [2.75, 3.05) is 33.3 Å². The molecule has 0 spiro atoms. The number of nitrogens with two attached hydrogens (primary N) is 1. The summed E-state index contributed by atoms with van der Waals surface area (Å²) in [4.78, 5) is 6.38. The van der Waals surface area contributed by atoms with Crippen LogP contribution < -0.4 is 11.1 Å². The number of halogens is 1. The number of hydrogen-bond donors (Lipinski definition) is 2. The van der Waals surface area contributed by atoms with Crippen LogP contribution in [0.15, 0.2) is 29.3 Å². The van der Waals surface area contributed by atoms with E-state index in [9.17, 15) is 0 Å². The maximum atomic E-state index is 6.01. The van der Waals surface area contributed by atoms with E-state index in [1.54, 1.807) is 7.05 Å². The Hall–Kier alpha value is -1.30. The quantitative estimate of drug-likeness (QED) is 0.657. The van der Waals surface area contributed by atoms with Gasteiger partial charge in [-0.15, -0.1) is 0 Å². The van der Waals surface area contributed by atoms with Crippen LogP contribution >= 0.6 is 11.6 Å². The smallest absolute Gasteiger partial charge is 0.188 e. The Morgan fingerprint density at radius 3 is 2.73 bits per heavy atom. The third kappa shape index (κ3) is 4.60. The van der Waals surface area contributed by atoms with E-state index in [0.29, 0.717) is 12.5 Å². The van der Waals surface area contributed by atoms with Crippen LogP contribution in [-0.4, -0.2) is 49.7 Å². The molecule has 1 heterocycles. The van der Waals surface area contributed by atoms with Crippen molar-refractivity contribution in [1.82, 2.24) is 10.2 Å². The van der Waals surface area contributed by atoms with Crippen LogP contribution in [-0.2, 0) is 4.74 Å². The zero-order chi connectivity index (χ0) is 16.2. The van der Waals surface area contributed by atoms with E-state index in [1.165, 1.54) is 5.56 Å². The van der Waals surface area contributed by atoms with Gasteiger partial charge in [0.05, 0.1) is 18.2 Å². The van der Waals surface area contributed by atoms with E-state index < -0.39 is 0 Å². The third-order valence-electron chi connectivity index (χ3n) is 3.87. The van der Waals surface area contributed by atoms with Gasteiger partial charge in [-0.25, -0.2) is 0 Å². The average Bonchev–Trinajstić information content (AvgIpc) is 2.48. The highest BCUT2D eigenvalue weighted by atomic mass is 35.5. The van der Waals surface area contributed by atoms with Crippen molar-refractivity contribution in [2.24, 2.45) is 10.7 Å². The van der Waals surface area contributed by atoms with Crippen LogP contribution in [0.2, 0.25) is 5.02 Å². The molecule has 0 aromatic heterocycles. The normalized spacial score (nSPS) is 20.6. The largest absolute Gasteiger partial charge is 0.373 e. The maximum absolute atomic E-state index is 6.01. The number of rotatable bonds is 4. The van der Waals surface area contributed by atoms with Gasteiger partial charge in [0.25, 0.3) is 0 Å². The zero-order valence-electron chi connectivity index (χ0n) is 13.5. The molecular weight excluding hydrogens is 300 g/mol. The summed E-state index contributed by atoms with van der Waals surface area (Å²) in [6.07, 6.45) is 0. The van der Waals surface area contributed by atoms with Crippen molar-refractivity contribution in [2.45, 2.75) is 25.5 Å². The summed E-state index contributed by atoms with van der Waals surface area (Å²) in [5, 5.41) is 3.93. The fraction of sp³-hybridized carbons (Fsp3) is 0.562. The molecule has 6 heteroatoms. The van der Waals surface area contributed by atoms with Crippen molar-refractivity contribution >= 4 is 17.6 Å². The van der Waals surface area contributed by atoms with Gasteiger partial charge >= 0.3 is 0 Å². The molecular formula is C16H25ClN4O. The second-order valence-electron chi connectivity index (χ2n) is 6.14. The number of nitrogens with one attached hydrogen (secondary N) is 1. The first-order valence-corrected chi connectivity index (χ1v) is 7.89. The molecule has 5 nitrogen and oxygen atoms in total. The number of morpholine rings is 1. The van der Waals surface area contributed by atoms with Crippen molar-refractivity contribution in [3.63, 3.8) is 0 Å². The Morgan fingerprint density at radius 1 is 1.45 bits per heavy atom. The summed E-state index contributed by atoms with van der Waals surface area (Å²) in [6.45, 7) is 7.42. The third-order valence-corrected chi connectivity index (χ3v) is 4.12. The minimum Gasteiger partial charge on any atom is -0.373 e. The highest BCUT2D eigenvalue weighted by Gasteiger charge is 2.32. The Bertz CT molecular complexity index is 515. The van der Waals surface area contributed by atoms with Crippen LogP contribution in [0.25, 0.3) is 0 Å².